The second-order valence-electron chi connectivity index (χ2n) is 13.2. The summed E-state index contributed by atoms with van der Waals surface area (Å²) in [6, 6.07) is 16.2. The zero-order valence-electron chi connectivity index (χ0n) is 29.7. The van der Waals surface area contributed by atoms with Crippen molar-refractivity contribution < 1.29 is 14.2 Å². The van der Waals surface area contributed by atoms with Crippen LogP contribution in [0, 0.1) is 0 Å². The van der Waals surface area contributed by atoms with Crippen molar-refractivity contribution in [3.8, 4) is 17.2 Å². The third-order valence-corrected chi connectivity index (χ3v) is 9.63. The molecule has 0 amide bonds. The molecule has 5 rings (SSSR count). The second-order valence-corrected chi connectivity index (χ2v) is 13.5. The molecule has 0 N–H and O–H groups in total. The molecule has 0 aliphatic carbocycles. The first-order chi connectivity index (χ1) is 23.9. The molecule has 0 unspecified atom stereocenters. The standard InChI is InChI=1S/C38H55ClN6O4/c1-4-47-35-16-10-11-17-36(35)48-29-28-42-22-26-44(27-23-42)33-30-40-45(38(46)37(33)39)19-13-7-5-6-12-18-41-20-24-43(25-21-41)32-14-8-9-15-34(32)49-31(2)3/h8-11,14-17,30-31H,4-7,12-13,18-29H2,1-3H3. The second kappa shape index (κ2) is 19.1. The SMILES string of the molecule is CCOc1ccccc1OCCN1CCN(c2cnn(CCCCCCCN3CCN(c4ccccc4OC(C)C)CC3)c(=O)c2Cl)CC1. The van der Waals surface area contributed by atoms with Crippen LogP contribution in [-0.2, 0) is 6.54 Å². The number of piperazine rings is 2. The van der Waals surface area contributed by atoms with Gasteiger partial charge in [0.2, 0.25) is 0 Å². The first-order valence-corrected chi connectivity index (χ1v) is 18.6. The number of nitrogens with zero attached hydrogens (tertiary/aromatic N) is 6. The van der Waals surface area contributed by atoms with E-state index in [1.165, 1.54) is 23.2 Å². The number of benzene rings is 2. The average Bonchev–Trinajstić information content (AvgIpc) is 3.11. The fourth-order valence-electron chi connectivity index (χ4n) is 6.59. The van der Waals surface area contributed by atoms with Gasteiger partial charge in [0.05, 0.1) is 30.3 Å². The Hall–Kier alpha value is -3.47. The van der Waals surface area contributed by atoms with Crippen molar-refractivity contribution in [3.63, 3.8) is 0 Å². The molecule has 0 bridgehead atoms. The summed E-state index contributed by atoms with van der Waals surface area (Å²) in [5, 5.41) is 4.77. The number of unbranched alkanes of at least 4 members (excludes halogenated alkanes) is 4. The monoisotopic (exact) mass is 694 g/mol. The first kappa shape index (κ1) is 36.8. The molecule has 0 spiro atoms. The van der Waals surface area contributed by atoms with Crippen molar-refractivity contribution in [2.45, 2.75) is 65.5 Å². The molecule has 1 aromatic heterocycles. The summed E-state index contributed by atoms with van der Waals surface area (Å²) < 4.78 is 19.2. The molecular formula is C38H55ClN6O4. The van der Waals surface area contributed by atoms with E-state index >= 15 is 0 Å². The largest absolute Gasteiger partial charge is 0.490 e. The zero-order chi connectivity index (χ0) is 34.4. The highest BCUT2D eigenvalue weighted by molar-refractivity contribution is 6.33. The lowest BCUT2D eigenvalue weighted by Crippen LogP contribution is -2.48. The van der Waals surface area contributed by atoms with Crippen LogP contribution in [0.25, 0.3) is 0 Å². The molecule has 2 fully saturated rings. The van der Waals surface area contributed by atoms with Gasteiger partial charge in [0.25, 0.3) is 5.56 Å². The van der Waals surface area contributed by atoms with Crippen molar-refractivity contribution in [3.05, 3.63) is 70.1 Å². The molecule has 11 heteroatoms. The average molecular weight is 695 g/mol. The minimum Gasteiger partial charge on any atom is -0.490 e. The predicted molar refractivity (Wildman–Crippen MR) is 199 cm³/mol. The number of hydrogen-bond donors (Lipinski definition) is 0. The van der Waals surface area contributed by atoms with Gasteiger partial charge in [0, 0.05) is 65.4 Å². The van der Waals surface area contributed by atoms with Gasteiger partial charge < -0.3 is 24.0 Å². The Kier molecular flexibility index (Phi) is 14.3. The predicted octanol–water partition coefficient (Wildman–Crippen LogP) is 6.06. The maximum absolute atomic E-state index is 13.1. The quantitative estimate of drug-likeness (QED) is 0.148. The number of hydrogen-bond acceptors (Lipinski definition) is 9. The van der Waals surface area contributed by atoms with Crippen LogP contribution >= 0.6 is 11.6 Å². The van der Waals surface area contributed by atoms with Gasteiger partial charge in [0.15, 0.2) is 11.5 Å². The van der Waals surface area contributed by atoms with E-state index in [2.05, 4.69) is 56.7 Å². The van der Waals surface area contributed by atoms with Crippen LogP contribution in [0.3, 0.4) is 0 Å². The molecule has 10 nitrogen and oxygen atoms in total. The highest BCUT2D eigenvalue weighted by Gasteiger charge is 2.22. The van der Waals surface area contributed by atoms with Crippen molar-refractivity contribution in [1.82, 2.24) is 19.6 Å². The van der Waals surface area contributed by atoms with E-state index in [0.29, 0.717) is 19.8 Å². The number of para-hydroxylation sites is 4. The van der Waals surface area contributed by atoms with Crippen molar-refractivity contribution in [1.29, 1.82) is 0 Å². The first-order valence-electron chi connectivity index (χ1n) is 18.2. The highest BCUT2D eigenvalue weighted by atomic mass is 35.5. The van der Waals surface area contributed by atoms with E-state index in [4.69, 9.17) is 25.8 Å². The Balaban J connectivity index is 0.948. The third-order valence-electron chi connectivity index (χ3n) is 9.28. The van der Waals surface area contributed by atoms with Crippen molar-refractivity contribution in [2.24, 2.45) is 0 Å². The van der Waals surface area contributed by atoms with E-state index < -0.39 is 0 Å². The maximum atomic E-state index is 13.1. The van der Waals surface area contributed by atoms with E-state index in [0.717, 1.165) is 108 Å². The Morgan fingerprint density at radius 3 is 1.90 bits per heavy atom. The summed E-state index contributed by atoms with van der Waals surface area (Å²) in [6.07, 6.45) is 7.51. The van der Waals surface area contributed by atoms with Gasteiger partial charge in [0.1, 0.15) is 17.4 Å². The summed E-state index contributed by atoms with van der Waals surface area (Å²) in [6.45, 7) is 17.4. The Morgan fingerprint density at radius 2 is 1.24 bits per heavy atom. The van der Waals surface area contributed by atoms with E-state index in [1.807, 2.05) is 37.3 Å². The molecule has 0 saturated carbocycles. The molecule has 2 aliphatic rings. The zero-order valence-corrected chi connectivity index (χ0v) is 30.5. The lowest BCUT2D eigenvalue weighted by molar-refractivity contribution is 0.195. The summed E-state index contributed by atoms with van der Waals surface area (Å²) >= 11 is 6.61. The lowest BCUT2D eigenvalue weighted by Gasteiger charge is -2.37. The van der Waals surface area contributed by atoms with Crippen LogP contribution in [-0.4, -0.2) is 104 Å². The van der Waals surface area contributed by atoms with Crippen LogP contribution in [0.5, 0.6) is 17.2 Å². The number of ether oxygens (including phenoxy) is 3. The van der Waals surface area contributed by atoms with E-state index in [9.17, 15) is 4.79 Å². The lowest BCUT2D eigenvalue weighted by atomic mass is 10.1. The summed E-state index contributed by atoms with van der Waals surface area (Å²) in [5.41, 5.74) is 1.75. The fourth-order valence-corrected chi connectivity index (χ4v) is 6.85. The summed E-state index contributed by atoms with van der Waals surface area (Å²) in [4.78, 5) is 22.6. The topological polar surface area (TPSA) is 75.5 Å². The number of halogens is 1. The minimum absolute atomic E-state index is 0.171. The number of aryl methyl sites for hydroxylation is 1. The van der Waals surface area contributed by atoms with Crippen molar-refractivity contribution >= 4 is 23.0 Å². The number of rotatable bonds is 18. The fraction of sp³-hybridized carbons (Fsp3) is 0.579. The van der Waals surface area contributed by atoms with Gasteiger partial charge in [-0.25, -0.2) is 4.68 Å². The van der Waals surface area contributed by atoms with Gasteiger partial charge >= 0.3 is 0 Å². The summed E-state index contributed by atoms with van der Waals surface area (Å²) in [7, 11) is 0. The maximum Gasteiger partial charge on any atom is 0.287 e. The molecule has 0 atom stereocenters. The minimum atomic E-state index is -0.194. The van der Waals surface area contributed by atoms with Gasteiger partial charge in [-0.05, 0) is 64.4 Å². The molecule has 2 aliphatic heterocycles. The van der Waals surface area contributed by atoms with Crippen molar-refractivity contribution in [2.75, 3.05) is 88.5 Å². The third kappa shape index (κ3) is 10.8. The van der Waals surface area contributed by atoms with Crippen LogP contribution in [0.2, 0.25) is 5.02 Å². The smallest absolute Gasteiger partial charge is 0.287 e. The van der Waals surface area contributed by atoms with Crippen LogP contribution in [0.15, 0.2) is 59.5 Å². The summed E-state index contributed by atoms with van der Waals surface area (Å²) in [5.74, 6) is 2.53. The van der Waals surface area contributed by atoms with Crippen LogP contribution in [0.1, 0.15) is 52.9 Å². The van der Waals surface area contributed by atoms with Gasteiger partial charge in [-0.15, -0.1) is 0 Å². The van der Waals surface area contributed by atoms with Gasteiger partial charge in [-0.3, -0.25) is 14.6 Å². The Labute approximate surface area is 297 Å². The van der Waals surface area contributed by atoms with E-state index in [-0.39, 0.29) is 16.7 Å². The van der Waals surface area contributed by atoms with Crippen LogP contribution < -0.4 is 29.6 Å². The Morgan fingerprint density at radius 1 is 0.694 bits per heavy atom. The molecule has 2 aromatic carbocycles. The number of anilines is 2. The van der Waals surface area contributed by atoms with Gasteiger partial charge in [-0.2, -0.15) is 5.10 Å². The van der Waals surface area contributed by atoms with Crippen LogP contribution in [0.4, 0.5) is 11.4 Å². The molecular weight excluding hydrogens is 640 g/mol. The number of aromatic nitrogens is 2. The molecule has 268 valence electrons. The van der Waals surface area contributed by atoms with E-state index in [1.54, 1.807) is 6.20 Å². The molecule has 2 saturated heterocycles. The van der Waals surface area contributed by atoms with Gasteiger partial charge in [-0.1, -0.05) is 55.1 Å². The Bertz CT molecular complexity index is 1490. The molecule has 0 radical (unpaired) electrons. The normalized spacial score (nSPS) is 15.9. The highest BCUT2D eigenvalue weighted by Crippen LogP contribution is 2.30. The molecule has 49 heavy (non-hydrogen) atoms. The molecule has 3 aromatic rings. The molecule has 3 heterocycles.